The molecule has 0 radical (unpaired) electrons. The van der Waals surface area contributed by atoms with E-state index in [0.717, 1.165) is 37.8 Å². The topological polar surface area (TPSA) is 82.3 Å². The van der Waals surface area contributed by atoms with E-state index in [2.05, 4.69) is 4.98 Å². The van der Waals surface area contributed by atoms with Gasteiger partial charge in [-0.2, -0.15) is 0 Å². The van der Waals surface area contributed by atoms with E-state index in [4.69, 9.17) is 4.74 Å². The Bertz CT molecular complexity index is 618. The predicted octanol–water partition coefficient (Wildman–Crippen LogP) is 2.67. The molecule has 1 aromatic rings. The molecular formula is C15H18N2O4. The fraction of sp³-hybridized carbons (Fsp3) is 0.600. The van der Waals surface area contributed by atoms with E-state index >= 15 is 0 Å². The molecule has 2 saturated carbocycles. The maximum atomic E-state index is 12.0. The summed E-state index contributed by atoms with van der Waals surface area (Å²) >= 11 is 0. The molecule has 0 N–H and O–H groups in total. The van der Waals surface area contributed by atoms with Gasteiger partial charge in [-0.1, -0.05) is 0 Å². The molecule has 2 aliphatic rings. The van der Waals surface area contributed by atoms with Crippen LogP contribution in [-0.4, -0.2) is 23.0 Å². The lowest BCUT2D eigenvalue weighted by Crippen LogP contribution is -2.27. The molecule has 21 heavy (non-hydrogen) atoms. The first-order valence-corrected chi connectivity index (χ1v) is 7.13. The Balaban J connectivity index is 1.94. The Morgan fingerprint density at radius 1 is 1.33 bits per heavy atom. The van der Waals surface area contributed by atoms with Crippen LogP contribution in [0.4, 0.5) is 5.69 Å². The lowest BCUT2D eigenvalue weighted by Gasteiger charge is -2.26. The third-order valence-electron chi connectivity index (χ3n) is 5.26. The molecule has 0 aromatic carbocycles. The maximum absolute atomic E-state index is 12.0. The molecule has 2 bridgehead atoms. The van der Waals surface area contributed by atoms with Crippen molar-refractivity contribution < 1.29 is 14.5 Å². The molecule has 0 amide bonds. The van der Waals surface area contributed by atoms with Gasteiger partial charge in [0.2, 0.25) is 0 Å². The molecular weight excluding hydrogens is 272 g/mol. The van der Waals surface area contributed by atoms with Gasteiger partial charge >= 0.3 is 5.97 Å². The van der Waals surface area contributed by atoms with Crippen molar-refractivity contribution in [1.29, 1.82) is 0 Å². The van der Waals surface area contributed by atoms with Crippen LogP contribution in [0.1, 0.15) is 43.5 Å². The summed E-state index contributed by atoms with van der Waals surface area (Å²) in [7, 11) is 1.43. The molecule has 0 unspecified atom stereocenters. The lowest BCUT2D eigenvalue weighted by atomic mass is 9.80. The van der Waals surface area contributed by atoms with Gasteiger partial charge in [0, 0.05) is 17.2 Å². The number of ether oxygens (including phenoxy) is 1. The zero-order valence-electron chi connectivity index (χ0n) is 12.2. The molecule has 1 heterocycles. The van der Waals surface area contributed by atoms with Crippen LogP contribution < -0.4 is 0 Å². The number of fused-ring (bicyclic) bond motifs is 2. The van der Waals surface area contributed by atoms with Gasteiger partial charge in [-0.05, 0) is 45.1 Å². The molecule has 0 aliphatic heterocycles. The molecule has 1 aromatic heterocycles. The summed E-state index contributed by atoms with van der Waals surface area (Å²) in [5.74, 6) is -0.125. The van der Waals surface area contributed by atoms with Crippen LogP contribution in [0, 0.1) is 22.5 Å². The summed E-state index contributed by atoms with van der Waals surface area (Å²) in [6.07, 6.45) is 4.17. The number of pyridine rings is 1. The molecule has 0 spiro atoms. The number of carbonyl (C=O) groups excluding carboxylic acids is 1. The molecule has 0 saturated heterocycles. The second-order valence-electron chi connectivity index (χ2n) is 6.29. The van der Waals surface area contributed by atoms with E-state index in [0.29, 0.717) is 5.69 Å². The number of rotatable bonds is 3. The largest absolute Gasteiger partial charge is 0.469 e. The third-order valence-corrected chi connectivity index (χ3v) is 5.26. The van der Waals surface area contributed by atoms with Crippen LogP contribution in [0.15, 0.2) is 12.1 Å². The number of hydrogen-bond acceptors (Lipinski definition) is 5. The predicted molar refractivity (Wildman–Crippen MR) is 74.8 cm³/mol. The first-order chi connectivity index (χ1) is 9.92. The Morgan fingerprint density at radius 3 is 2.52 bits per heavy atom. The van der Waals surface area contributed by atoms with Crippen LogP contribution >= 0.6 is 0 Å². The van der Waals surface area contributed by atoms with Gasteiger partial charge < -0.3 is 4.74 Å². The van der Waals surface area contributed by atoms with Gasteiger partial charge in [-0.25, -0.2) is 0 Å². The molecule has 0 atom stereocenters. The SMILES string of the molecule is COC(=O)C12CCC(c3ccc([N+](=O)[O-])c(C)n3)(CC1)C2. The summed E-state index contributed by atoms with van der Waals surface area (Å²) in [5.41, 5.74) is 0.883. The highest BCUT2D eigenvalue weighted by Gasteiger charge is 2.59. The highest BCUT2D eigenvalue weighted by atomic mass is 16.6. The Kier molecular flexibility index (Phi) is 3.00. The van der Waals surface area contributed by atoms with E-state index in [9.17, 15) is 14.9 Å². The van der Waals surface area contributed by atoms with Crippen molar-refractivity contribution in [2.24, 2.45) is 5.41 Å². The number of carbonyl (C=O) groups is 1. The van der Waals surface area contributed by atoms with Crippen LogP contribution in [0.2, 0.25) is 0 Å². The lowest BCUT2D eigenvalue weighted by molar-refractivity contribution is -0.385. The van der Waals surface area contributed by atoms with Crippen LogP contribution in [0.3, 0.4) is 0 Å². The monoisotopic (exact) mass is 290 g/mol. The molecule has 2 aliphatic carbocycles. The number of nitro groups is 1. The zero-order valence-corrected chi connectivity index (χ0v) is 12.2. The normalized spacial score (nSPS) is 30.4. The maximum Gasteiger partial charge on any atom is 0.311 e. The smallest absolute Gasteiger partial charge is 0.311 e. The highest BCUT2D eigenvalue weighted by Crippen LogP contribution is 2.62. The first-order valence-electron chi connectivity index (χ1n) is 7.13. The third kappa shape index (κ3) is 1.92. The molecule has 3 rings (SSSR count). The quantitative estimate of drug-likeness (QED) is 0.485. The second-order valence-corrected chi connectivity index (χ2v) is 6.29. The van der Waals surface area contributed by atoms with Gasteiger partial charge in [0.1, 0.15) is 5.69 Å². The van der Waals surface area contributed by atoms with Crippen LogP contribution in [0.25, 0.3) is 0 Å². The Labute approximate surface area is 122 Å². The van der Waals surface area contributed by atoms with Crippen molar-refractivity contribution in [2.45, 2.75) is 44.4 Å². The standard InChI is InChI=1S/C15H18N2O4/c1-10-11(17(19)20)3-4-12(16-10)14-5-7-15(9-14,8-6-14)13(18)21-2/h3-4H,5-9H2,1-2H3. The van der Waals surface area contributed by atoms with Crippen molar-refractivity contribution in [1.82, 2.24) is 4.98 Å². The summed E-state index contributed by atoms with van der Waals surface area (Å²) in [4.78, 5) is 27.0. The fourth-order valence-electron chi connectivity index (χ4n) is 4.09. The molecule has 6 heteroatoms. The first kappa shape index (κ1) is 14.0. The summed E-state index contributed by atoms with van der Waals surface area (Å²) < 4.78 is 4.96. The van der Waals surface area contributed by atoms with Crippen molar-refractivity contribution in [3.05, 3.63) is 33.6 Å². The van der Waals surface area contributed by atoms with E-state index < -0.39 is 4.92 Å². The number of aromatic nitrogens is 1. The van der Waals surface area contributed by atoms with Gasteiger partial charge in [0.05, 0.1) is 17.4 Å². The fourth-order valence-corrected chi connectivity index (χ4v) is 4.09. The molecule has 2 fully saturated rings. The van der Waals surface area contributed by atoms with E-state index in [1.54, 1.807) is 13.0 Å². The highest BCUT2D eigenvalue weighted by molar-refractivity contribution is 5.78. The number of nitrogens with zero attached hydrogens (tertiary/aromatic N) is 2. The average Bonchev–Trinajstić information content (AvgIpc) is 3.04. The minimum atomic E-state index is -0.411. The molecule has 112 valence electrons. The zero-order chi connectivity index (χ0) is 15.3. The van der Waals surface area contributed by atoms with Crippen molar-refractivity contribution in [3.8, 4) is 0 Å². The number of methoxy groups -OCH3 is 1. The second kappa shape index (κ2) is 4.51. The van der Waals surface area contributed by atoms with Crippen LogP contribution in [-0.2, 0) is 14.9 Å². The van der Waals surface area contributed by atoms with Gasteiger partial charge in [-0.3, -0.25) is 19.9 Å². The van der Waals surface area contributed by atoms with Crippen molar-refractivity contribution in [2.75, 3.05) is 7.11 Å². The van der Waals surface area contributed by atoms with Gasteiger partial charge in [-0.15, -0.1) is 0 Å². The van der Waals surface area contributed by atoms with E-state index in [1.165, 1.54) is 13.2 Å². The van der Waals surface area contributed by atoms with Crippen LogP contribution in [0.5, 0.6) is 0 Å². The van der Waals surface area contributed by atoms with Gasteiger partial charge in [0.25, 0.3) is 5.69 Å². The number of hydrogen-bond donors (Lipinski definition) is 0. The summed E-state index contributed by atoms with van der Waals surface area (Å²) in [6, 6.07) is 3.28. The van der Waals surface area contributed by atoms with E-state index in [-0.39, 0.29) is 22.5 Å². The van der Waals surface area contributed by atoms with Gasteiger partial charge in [0.15, 0.2) is 0 Å². The minimum Gasteiger partial charge on any atom is -0.469 e. The minimum absolute atomic E-state index is 0.0466. The Hall–Kier alpha value is -1.98. The number of esters is 1. The molecule has 6 nitrogen and oxygen atoms in total. The summed E-state index contributed by atoms with van der Waals surface area (Å²) in [5, 5.41) is 10.9. The summed E-state index contributed by atoms with van der Waals surface area (Å²) in [6.45, 7) is 1.66. The van der Waals surface area contributed by atoms with E-state index in [1.807, 2.05) is 0 Å². The number of aryl methyl sites for hydroxylation is 1. The average molecular weight is 290 g/mol. The van der Waals surface area contributed by atoms with Crippen molar-refractivity contribution >= 4 is 11.7 Å². The Morgan fingerprint density at radius 2 is 2.00 bits per heavy atom. The van der Waals surface area contributed by atoms with Crippen molar-refractivity contribution in [3.63, 3.8) is 0 Å².